The van der Waals surface area contributed by atoms with Gasteiger partial charge in [-0.1, -0.05) is 42.5 Å². The molecule has 0 radical (unpaired) electrons. The smallest absolute Gasteiger partial charge is 0.161 e. The number of aliphatic hydroxyl groups is 1. The summed E-state index contributed by atoms with van der Waals surface area (Å²) in [6, 6.07) is 22.7. The Labute approximate surface area is 170 Å². The number of carbonyl (C=O) groups excluding carboxylic acids is 1. The molecule has 3 aromatic carbocycles. The maximum Gasteiger partial charge on any atom is 0.161 e. The molecule has 0 aliphatic rings. The van der Waals surface area contributed by atoms with Gasteiger partial charge in [0, 0.05) is 5.56 Å². The number of carbonyl (C=O) groups is 1. The number of hydrogen-bond donors (Lipinski definition) is 1. The molecule has 1 atom stereocenters. The van der Waals surface area contributed by atoms with Crippen molar-refractivity contribution in [2.75, 3.05) is 20.3 Å². The predicted octanol–water partition coefficient (Wildman–Crippen LogP) is 4.38. The number of ether oxygens (including phenoxy) is 3. The molecule has 3 rings (SSSR count). The molecule has 0 aliphatic carbocycles. The van der Waals surface area contributed by atoms with E-state index >= 15 is 0 Å². The molecule has 0 fully saturated rings. The molecule has 5 heteroatoms. The molecular formula is C24H24O5. The van der Waals surface area contributed by atoms with E-state index in [1.165, 1.54) is 14.0 Å². The van der Waals surface area contributed by atoms with Gasteiger partial charge < -0.3 is 19.3 Å². The molecule has 1 N–H and O–H groups in total. The lowest BCUT2D eigenvalue weighted by atomic mass is 10.1. The monoisotopic (exact) mass is 392 g/mol. The normalized spacial score (nSPS) is 11.6. The van der Waals surface area contributed by atoms with Crippen molar-refractivity contribution in [1.29, 1.82) is 0 Å². The van der Waals surface area contributed by atoms with Crippen LogP contribution < -0.4 is 14.2 Å². The predicted molar refractivity (Wildman–Crippen MR) is 112 cm³/mol. The Hall–Kier alpha value is -3.31. The number of Topliss-reactive ketones (excluding diaryl/α,β-unsaturated/α-hetero) is 1. The maximum absolute atomic E-state index is 11.5. The van der Waals surface area contributed by atoms with Gasteiger partial charge in [-0.2, -0.15) is 0 Å². The molecule has 1 unspecified atom stereocenters. The van der Waals surface area contributed by atoms with E-state index in [2.05, 4.69) is 0 Å². The highest BCUT2D eigenvalue weighted by Crippen LogP contribution is 2.28. The van der Waals surface area contributed by atoms with Crippen LogP contribution in [0.5, 0.6) is 17.2 Å². The van der Waals surface area contributed by atoms with E-state index in [1.54, 1.807) is 18.2 Å². The third-order valence-corrected chi connectivity index (χ3v) is 4.41. The van der Waals surface area contributed by atoms with Crippen LogP contribution in [0.15, 0.2) is 72.8 Å². The second-order valence-corrected chi connectivity index (χ2v) is 6.59. The van der Waals surface area contributed by atoms with Crippen molar-refractivity contribution in [1.82, 2.24) is 0 Å². The minimum atomic E-state index is -0.819. The number of ketones is 1. The highest BCUT2D eigenvalue weighted by molar-refractivity contribution is 5.94. The van der Waals surface area contributed by atoms with Gasteiger partial charge in [-0.25, -0.2) is 0 Å². The van der Waals surface area contributed by atoms with Crippen molar-refractivity contribution in [3.63, 3.8) is 0 Å². The van der Waals surface area contributed by atoms with Crippen LogP contribution in [0.4, 0.5) is 0 Å². The minimum absolute atomic E-state index is 0.0396. The summed E-state index contributed by atoms with van der Waals surface area (Å²) in [5.74, 6) is 1.53. The topological polar surface area (TPSA) is 65.0 Å². The summed E-state index contributed by atoms with van der Waals surface area (Å²) in [7, 11) is 1.50. The molecule has 0 saturated carbocycles. The van der Waals surface area contributed by atoms with Gasteiger partial charge in [-0.05, 0) is 48.4 Å². The standard InChI is InChI=1S/C24H24O5/c1-17(25)20-10-13-23(24(14-20)27-2)29-16-21(26)15-28-22-11-8-19(9-12-22)18-6-4-3-5-7-18/h3-14,21,26H,15-16H2,1-2H3. The summed E-state index contributed by atoms with van der Waals surface area (Å²) >= 11 is 0. The average Bonchev–Trinajstić information content (AvgIpc) is 2.77. The van der Waals surface area contributed by atoms with Crippen LogP contribution in [0.3, 0.4) is 0 Å². The lowest BCUT2D eigenvalue weighted by Crippen LogP contribution is -2.25. The Morgan fingerprint density at radius 1 is 0.862 bits per heavy atom. The molecule has 0 saturated heterocycles. The number of aliphatic hydroxyl groups excluding tert-OH is 1. The summed E-state index contributed by atoms with van der Waals surface area (Å²) in [4.78, 5) is 11.5. The number of rotatable bonds is 9. The van der Waals surface area contributed by atoms with E-state index in [9.17, 15) is 9.90 Å². The summed E-state index contributed by atoms with van der Waals surface area (Å²) in [5, 5.41) is 10.2. The van der Waals surface area contributed by atoms with Crippen molar-refractivity contribution >= 4 is 5.78 Å². The molecule has 150 valence electrons. The molecule has 0 aliphatic heterocycles. The first kappa shape index (κ1) is 20.4. The first-order valence-corrected chi connectivity index (χ1v) is 9.35. The van der Waals surface area contributed by atoms with Crippen LogP contribution in [0.2, 0.25) is 0 Å². The van der Waals surface area contributed by atoms with Crippen molar-refractivity contribution in [3.05, 3.63) is 78.4 Å². The summed E-state index contributed by atoms with van der Waals surface area (Å²) in [6.45, 7) is 1.62. The molecule has 0 spiro atoms. The van der Waals surface area contributed by atoms with Gasteiger partial charge in [0.2, 0.25) is 0 Å². The van der Waals surface area contributed by atoms with Crippen molar-refractivity contribution in [3.8, 4) is 28.4 Å². The Morgan fingerprint density at radius 2 is 1.52 bits per heavy atom. The largest absolute Gasteiger partial charge is 0.493 e. The van der Waals surface area contributed by atoms with Crippen LogP contribution in [-0.4, -0.2) is 37.3 Å². The third-order valence-electron chi connectivity index (χ3n) is 4.41. The van der Waals surface area contributed by atoms with E-state index in [0.717, 1.165) is 11.1 Å². The molecule has 0 aromatic heterocycles. The van der Waals surface area contributed by atoms with Gasteiger partial charge in [0.05, 0.1) is 7.11 Å². The van der Waals surface area contributed by atoms with Crippen LogP contribution >= 0.6 is 0 Å². The zero-order valence-corrected chi connectivity index (χ0v) is 16.5. The van der Waals surface area contributed by atoms with E-state index in [0.29, 0.717) is 22.8 Å². The van der Waals surface area contributed by atoms with Gasteiger partial charge in [-0.3, -0.25) is 4.79 Å². The summed E-state index contributed by atoms with van der Waals surface area (Å²) in [6.07, 6.45) is -0.819. The molecule has 0 amide bonds. The van der Waals surface area contributed by atoms with E-state index in [1.807, 2.05) is 54.6 Å². The third kappa shape index (κ3) is 5.59. The SMILES string of the molecule is COc1cc(C(C)=O)ccc1OCC(O)COc1ccc(-c2ccccc2)cc1. The average molecular weight is 392 g/mol. The van der Waals surface area contributed by atoms with Gasteiger partial charge in [0.15, 0.2) is 17.3 Å². The van der Waals surface area contributed by atoms with Crippen molar-refractivity contribution in [2.45, 2.75) is 13.0 Å². The fourth-order valence-corrected chi connectivity index (χ4v) is 2.81. The molecule has 0 heterocycles. The summed E-state index contributed by atoms with van der Waals surface area (Å²) in [5.41, 5.74) is 2.78. The van der Waals surface area contributed by atoms with Gasteiger partial charge in [0.1, 0.15) is 25.1 Å². The lowest BCUT2D eigenvalue weighted by molar-refractivity contribution is 0.0616. The fourth-order valence-electron chi connectivity index (χ4n) is 2.81. The Kier molecular flexibility index (Phi) is 6.87. The minimum Gasteiger partial charge on any atom is -0.493 e. The molecule has 0 bridgehead atoms. The number of benzene rings is 3. The number of methoxy groups -OCH3 is 1. The van der Waals surface area contributed by atoms with Gasteiger partial charge in [0.25, 0.3) is 0 Å². The van der Waals surface area contributed by atoms with Crippen LogP contribution in [0.25, 0.3) is 11.1 Å². The highest BCUT2D eigenvalue weighted by atomic mass is 16.5. The second-order valence-electron chi connectivity index (χ2n) is 6.59. The summed E-state index contributed by atoms with van der Waals surface area (Å²) < 4.78 is 16.5. The number of hydrogen-bond acceptors (Lipinski definition) is 5. The first-order valence-electron chi connectivity index (χ1n) is 9.35. The van der Waals surface area contributed by atoms with E-state index in [4.69, 9.17) is 14.2 Å². The fraction of sp³-hybridized carbons (Fsp3) is 0.208. The molecular weight excluding hydrogens is 368 g/mol. The zero-order valence-electron chi connectivity index (χ0n) is 16.5. The van der Waals surface area contributed by atoms with E-state index in [-0.39, 0.29) is 19.0 Å². The highest BCUT2D eigenvalue weighted by Gasteiger charge is 2.12. The quantitative estimate of drug-likeness (QED) is 0.548. The molecule has 3 aromatic rings. The van der Waals surface area contributed by atoms with Crippen LogP contribution in [0, 0.1) is 0 Å². The van der Waals surface area contributed by atoms with Gasteiger partial charge in [-0.15, -0.1) is 0 Å². The zero-order chi connectivity index (χ0) is 20.6. The second kappa shape index (κ2) is 9.75. The van der Waals surface area contributed by atoms with E-state index < -0.39 is 6.10 Å². The lowest BCUT2D eigenvalue weighted by Gasteiger charge is -2.16. The molecule has 29 heavy (non-hydrogen) atoms. The Balaban J connectivity index is 1.51. The van der Waals surface area contributed by atoms with Crippen LogP contribution in [0.1, 0.15) is 17.3 Å². The first-order chi connectivity index (χ1) is 14.1. The van der Waals surface area contributed by atoms with Gasteiger partial charge >= 0.3 is 0 Å². The Bertz CT molecular complexity index is 935. The molecule has 5 nitrogen and oxygen atoms in total. The van der Waals surface area contributed by atoms with Crippen LogP contribution in [-0.2, 0) is 0 Å². The maximum atomic E-state index is 11.5. The Morgan fingerprint density at radius 3 is 2.17 bits per heavy atom. The van der Waals surface area contributed by atoms with Crippen molar-refractivity contribution < 1.29 is 24.1 Å². The van der Waals surface area contributed by atoms with Crippen molar-refractivity contribution in [2.24, 2.45) is 0 Å².